The summed E-state index contributed by atoms with van der Waals surface area (Å²) in [6.07, 6.45) is 4.03. The lowest BCUT2D eigenvalue weighted by Gasteiger charge is -2.35. The monoisotopic (exact) mass is 907 g/mol. The largest absolute Gasteiger partial charge is 0.445 e. The van der Waals surface area contributed by atoms with Gasteiger partial charge in [0.25, 0.3) is 5.91 Å². The van der Waals surface area contributed by atoms with Crippen LogP contribution in [0.15, 0.2) is 84.9 Å². The van der Waals surface area contributed by atoms with Gasteiger partial charge in [0.2, 0.25) is 5.91 Å². The number of fused-ring (bicyclic) bond motifs is 1. The van der Waals surface area contributed by atoms with E-state index in [9.17, 15) is 19.2 Å². The first kappa shape index (κ1) is 49.3. The van der Waals surface area contributed by atoms with E-state index in [1.54, 1.807) is 24.3 Å². The fourth-order valence-corrected chi connectivity index (χ4v) is 8.19. The molecule has 16 heteroatoms. The Hall–Kier alpha value is -6.10. The first-order chi connectivity index (χ1) is 31.8. The molecule has 1 aromatic heterocycles. The summed E-state index contributed by atoms with van der Waals surface area (Å²) in [6.45, 7) is 12.3. The second-order valence-corrected chi connectivity index (χ2v) is 17.6. The molecule has 1 aliphatic carbocycles. The summed E-state index contributed by atoms with van der Waals surface area (Å²) < 4.78 is 27.3. The minimum absolute atomic E-state index is 0.0589. The smallest absolute Gasteiger partial charge is 0.412 e. The molecule has 1 saturated heterocycles. The van der Waals surface area contributed by atoms with Crippen molar-refractivity contribution in [1.82, 2.24) is 25.9 Å². The van der Waals surface area contributed by atoms with Crippen LogP contribution >= 0.6 is 0 Å². The molecule has 2 aliphatic rings. The summed E-state index contributed by atoms with van der Waals surface area (Å²) in [7, 11) is 0. The molecule has 4 amide bonds. The molecule has 2 heterocycles. The maximum Gasteiger partial charge on any atom is 0.412 e. The van der Waals surface area contributed by atoms with Gasteiger partial charge >= 0.3 is 12.2 Å². The molecule has 0 spiro atoms. The van der Waals surface area contributed by atoms with Crippen LogP contribution in [0.5, 0.6) is 0 Å². The Kier molecular flexibility index (Phi) is 18.3. The second-order valence-electron chi connectivity index (χ2n) is 17.6. The van der Waals surface area contributed by atoms with E-state index in [2.05, 4.69) is 26.2 Å². The van der Waals surface area contributed by atoms with Gasteiger partial charge in [-0.05, 0) is 101 Å². The van der Waals surface area contributed by atoms with Crippen molar-refractivity contribution in [2.24, 2.45) is 5.92 Å². The zero-order valence-electron chi connectivity index (χ0n) is 38.8. The number of aryl methyl sites for hydroxylation is 1. The second kappa shape index (κ2) is 24.4. The molecule has 0 unspecified atom stereocenters. The number of carbonyl (C=O) groups is 4. The molecular weight excluding hydrogens is 843 g/mol. The van der Waals surface area contributed by atoms with Gasteiger partial charge in [0, 0.05) is 36.4 Å². The fraction of sp³-hybridized carbons (Fsp3) is 0.480. The maximum absolute atomic E-state index is 13.8. The number of ether oxygens (including phenoxy) is 5. The Morgan fingerprint density at radius 1 is 0.758 bits per heavy atom. The minimum Gasteiger partial charge on any atom is -0.445 e. The first-order valence-electron chi connectivity index (χ1n) is 22.9. The van der Waals surface area contributed by atoms with E-state index >= 15 is 0 Å². The Morgan fingerprint density at radius 3 is 2.05 bits per heavy atom. The van der Waals surface area contributed by atoms with Crippen molar-refractivity contribution in [1.29, 1.82) is 0 Å². The van der Waals surface area contributed by atoms with Crippen LogP contribution in [0.1, 0.15) is 93.3 Å². The van der Waals surface area contributed by atoms with Crippen LogP contribution in [0, 0.1) is 12.8 Å². The van der Waals surface area contributed by atoms with Crippen LogP contribution in [0.3, 0.4) is 0 Å². The Labute approximate surface area is 387 Å². The zero-order valence-corrected chi connectivity index (χ0v) is 38.8. The third kappa shape index (κ3) is 15.2. The molecule has 0 radical (unpaired) electrons. The number of anilines is 2. The van der Waals surface area contributed by atoms with E-state index in [1.807, 2.05) is 95.3 Å². The van der Waals surface area contributed by atoms with Crippen molar-refractivity contribution < 1.29 is 42.9 Å². The summed E-state index contributed by atoms with van der Waals surface area (Å²) >= 11 is 0. The summed E-state index contributed by atoms with van der Waals surface area (Å²) in [5.74, 6) is 1.35. The van der Waals surface area contributed by atoms with Gasteiger partial charge in [0.05, 0.1) is 51.4 Å². The lowest BCUT2D eigenvalue weighted by Crippen LogP contribution is -2.48. The fourth-order valence-electron chi connectivity index (χ4n) is 8.19. The van der Waals surface area contributed by atoms with Gasteiger partial charge < -0.3 is 44.5 Å². The highest BCUT2D eigenvalue weighted by atomic mass is 16.6. The molecule has 6 rings (SSSR count). The van der Waals surface area contributed by atoms with Gasteiger partial charge in [-0.3, -0.25) is 14.9 Å². The number of alkyl carbamates (subject to hydrolysis) is 1. The van der Waals surface area contributed by atoms with Crippen LogP contribution in [-0.2, 0) is 35.1 Å². The van der Waals surface area contributed by atoms with Crippen LogP contribution < -0.4 is 26.2 Å². The van der Waals surface area contributed by atoms with Crippen molar-refractivity contribution in [2.75, 3.05) is 62.9 Å². The van der Waals surface area contributed by atoms with Gasteiger partial charge in [-0.2, -0.15) is 0 Å². The molecule has 66 heavy (non-hydrogen) atoms. The topological polar surface area (TPSA) is 192 Å². The highest BCUT2D eigenvalue weighted by molar-refractivity contribution is 5.95. The van der Waals surface area contributed by atoms with E-state index < -0.39 is 23.8 Å². The van der Waals surface area contributed by atoms with Gasteiger partial charge in [0.1, 0.15) is 29.9 Å². The van der Waals surface area contributed by atoms with Crippen molar-refractivity contribution in [3.63, 3.8) is 0 Å². The van der Waals surface area contributed by atoms with Crippen LogP contribution in [0.2, 0.25) is 0 Å². The van der Waals surface area contributed by atoms with Crippen molar-refractivity contribution >= 4 is 35.5 Å². The third-order valence-corrected chi connectivity index (χ3v) is 11.3. The molecule has 4 N–H and O–H groups in total. The Bertz CT molecular complexity index is 2190. The number of rotatable bonds is 21. The molecular formula is C50H65N7O9. The maximum atomic E-state index is 13.8. The molecule has 3 aromatic carbocycles. The van der Waals surface area contributed by atoms with Crippen LogP contribution in [0.25, 0.3) is 11.1 Å². The number of hydrogen-bond acceptors (Lipinski definition) is 12. The van der Waals surface area contributed by atoms with E-state index in [0.717, 1.165) is 48.8 Å². The number of nitrogens with zero attached hydrogens (tertiary/aromatic N) is 3. The SMILES string of the molecule is Cc1nc([C@H](C)NC(=O)c2ccc(-c3ccc(NC(=O)OC(C)(C)C)cc3)cc2)cc(N2[C@H](C(=O)NCCOCCOCCOCCNC(=O)OCc3ccccc3)C[C@@H]3CCCC[C@@H]32)n1. The predicted octanol–water partition coefficient (Wildman–Crippen LogP) is 7.52. The minimum atomic E-state index is -0.594. The van der Waals surface area contributed by atoms with E-state index in [0.29, 0.717) is 87.2 Å². The highest BCUT2D eigenvalue weighted by Gasteiger charge is 2.46. The zero-order chi connectivity index (χ0) is 46.9. The van der Waals surface area contributed by atoms with E-state index in [-0.39, 0.29) is 30.5 Å². The van der Waals surface area contributed by atoms with Crippen molar-refractivity contribution in [3.8, 4) is 11.1 Å². The average molecular weight is 908 g/mol. The average Bonchev–Trinajstić information content (AvgIpc) is 3.69. The standard InChI is InChI=1S/C50H65N7O9/c1-34(53-46(58)39-17-15-37(16-18-39)38-19-21-41(22-20-38)56-49(61)66-50(3,4)5)42-32-45(55-35(2)54-42)57-43-14-10-9-13-40(43)31-44(57)47(59)51-23-25-62-27-29-64-30-28-63-26-24-52-48(60)65-33-36-11-7-6-8-12-36/h6-8,11-12,15-22,32,34,40,43-44H,9-10,13-14,23-31,33H2,1-5H3,(H,51,59)(H,52,60)(H,53,58)(H,56,61)/t34-,40-,43-,44-/m0/s1. The van der Waals surface area contributed by atoms with Crippen LogP contribution in [0.4, 0.5) is 21.1 Å². The van der Waals surface area contributed by atoms with Gasteiger partial charge in [-0.25, -0.2) is 19.6 Å². The molecule has 16 nitrogen and oxygen atoms in total. The van der Waals surface area contributed by atoms with Gasteiger partial charge in [-0.1, -0.05) is 67.4 Å². The number of amides is 4. The molecule has 0 bridgehead atoms. The third-order valence-electron chi connectivity index (χ3n) is 11.3. The normalized spacial score (nSPS) is 17.3. The van der Waals surface area contributed by atoms with Crippen molar-refractivity contribution in [3.05, 3.63) is 108 Å². The lowest BCUT2D eigenvalue weighted by atomic mass is 9.84. The number of benzene rings is 3. The molecule has 1 saturated carbocycles. The Balaban J connectivity index is 0.920. The van der Waals surface area contributed by atoms with Gasteiger partial charge in [-0.15, -0.1) is 0 Å². The Morgan fingerprint density at radius 2 is 1.38 bits per heavy atom. The number of aromatic nitrogens is 2. The molecule has 4 aromatic rings. The molecule has 2 fully saturated rings. The van der Waals surface area contributed by atoms with E-state index in [1.165, 1.54) is 0 Å². The van der Waals surface area contributed by atoms with Crippen LogP contribution in [-0.4, -0.2) is 104 Å². The van der Waals surface area contributed by atoms with E-state index in [4.69, 9.17) is 33.7 Å². The summed E-state index contributed by atoms with van der Waals surface area (Å²) in [5.41, 5.74) is 3.96. The number of nitrogens with one attached hydrogen (secondary N) is 4. The molecule has 354 valence electrons. The van der Waals surface area contributed by atoms with Gasteiger partial charge in [0.15, 0.2) is 0 Å². The number of carbonyl (C=O) groups excluding carboxylic acids is 4. The predicted molar refractivity (Wildman–Crippen MR) is 251 cm³/mol. The summed E-state index contributed by atoms with van der Waals surface area (Å²) in [6, 6.07) is 25.5. The first-order valence-corrected chi connectivity index (χ1v) is 22.9. The van der Waals surface area contributed by atoms with Crippen molar-refractivity contribution in [2.45, 2.75) is 97.1 Å². The quantitative estimate of drug-likeness (QED) is 0.0603. The molecule has 1 aliphatic heterocycles. The molecule has 4 atom stereocenters. The highest BCUT2D eigenvalue weighted by Crippen LogP contribution is 2.42. The summed E-state index contributed by atoms with van der Waals surface area (Å²) in [4.78, 5) is 63.0. The number of hydrogen-bond donors (Lipinski definition) is 4. The lowest BCUT2D eigenvalue weighted by molar-refractivity contribution is -0.122. The summed E-state index contributed by atoms with van der Waals surface area (Å²) in [5, 5.41) is 11.6.